The molecule has 1 unspecified atom stereocenters. The smallest absolute Gasteiger partial charge is 0.0252 e. The lowest BCUT2D eigenvalue weighted by atomic mass is 9.83. The molecule has 0 radical (unpaired) electrons. The van der Waals surface area contributed by atoms with Gasteiger partial charge >= 0.3 is 0 Å². The van der Waals surface area contributed by atoms with Crippen LogP contribution >= 0.6 is 0 Å². The minimum absolute atomic E-state index is 0.665. The Balaban J connectivity index is 1.71. The predicted octanol–water partition coefficient (Wildman–Crippen LogP) is 4.82. The highest BCUT2D eigenvalue weighted by Gasteiger charge is 2.21. The van der Waals surface area contributed by atoms with Crippen LogP contribution in [-0.4, -0.2) is 12.1 Å². The Kier molecular flexibility index (Phi) is 6.26. The number of nitrogens with one attached hydrogen (secondary N) is 1. The largest absolute Gasteiger partial charge is 0.308 e. The second kappa shape index (κ2) is 7.99. The van der Waals surface area contributed by atoms with Crippen LogP contribution in [0, 0.1) is 5.92 Å². The van der Waals surface area contributed by atoms with E-state index in [1.54, 1.807) is 0 Å². The predicted molar refractivity (Wildman–Crippen MR) is 79.8 cm³/mol. The van der Waals surface area contributed by atoms with Gasteiger partial charge in [0.2, 0.25) is 0 Å². The summed E-state index contributed by atoms with van der Waals surface area (Å²) < 4.78 is 0. The van der Waals surface area contributed by atoms with Gasteiger partial charge < -0.3 is 5.32 Å². The van der Waals surface area contributed by atoms with Crippen LogP contribution in [0.3, 0.4) is 0 Å². The minimum atomic E-state index is 0.665. The van der Waals surface area contributed by atoms with Gasteiger partial charge in [-0.25, -0.2) is 0 Å². The molecular formula is C17H31N. The molecule has 1 heteroatoms. The first kappa shape index (κ1) is 14.1. The summed E-state index contributed by atoms with van der Waals surface area (Å²) in [7, 11) is 0. The molecule has 1 saturated carbocycles. The quantitative estimate of drug-likeness (QED) is 0.704. The van der Waals surface area contributed by atoms with Crippen molar-refractivity contribution in [1.29, 1.82) is 0 Å². The van der Waals surface area contributed by atoms with Crippen molar-refractivity contribution >= 4 is 0 Å². The van der Waals surface area contributed by atoms with E-state index < -0.39 is 0 Å². The molecule has 104 valence electrons. The van der Waals surface area contributed by atoms with Crippen molar-refractivity contribution in [3.05, 3.63) is 12.2 Å². The summed E-state index contributed by atoms with van der Waals surface area (Å²) in [5.41, 5.74) is 0. The molecule has 1 atom stereocenters. The highest BCUT2D eigenvalue weighted by atomic mass is 14.9. The normalized spacial score (nSPS) is 35.7. The molecule has 18 heavy (non-hydrogen) atoms. The maximum absolute atomic E-state index is 3.90. The van der Waals surface area contributed by atoms with E-state index in [9.17, 15) is 0 Å². The molecule has 1 fully saturated rings. The van der Waals surface area contributed by atoms with Gasteiger partial charge in [0.05, 0.1) is 0 Å². The second-order valence-corrected chi connectivity index (χ2v) is 6.35. The molecule has 0 bridgehead atoms. The maximum Gasteiger partial charge on any atom is 0.0252 e. The van der Waals surface area contributed by atoms with Crippen molar-refractivity contribution in [2.45, 2.75) is 89.6 Å². The molecule has 0 spiro atoms. The van der Waals surface area contributed by atoms with E-state index in [0.29, 0.717) is 6.04 Å². The van der Waals surface area contributed by atoms with Gasteiger partial charge in [-0.3, -0.25) is 0 Å². The van der Waals surface area contributed by atoms with Crippen LogP contribution < -0.4 is 5.32 Å². The Labute approximate surface area is 113 Å². The fraction of sp³-hybridized carbons (Fsp3) is 0.882. The van der Waals surface area contributed by atoms with E-state index in [2.05, 4.69) is 24.4 Å². The summed E-state index contributed by atoms with van der Waals surface area (Å²) in [6, 6.07) is 1.46. The van der Waals surface area contributed by atoms with E-state index in [1.807, 2.05) is 0 Å². The third-order valence-electron chi connectivity index (χ3n) is 4.75. The monoisotopic (exact) mass is 249 g/mol. The van der Waals surface area contributed by atoms with E-state index >= 15 is 0 Å². The summed E-state index contributed by atoms with van der Waals surface area (Å²) in [6.07, 6.45) is 20.3. The standard InChI is InChI=1S/C17H31N/c1-2-8-15-11-13-17(14-12-15)18-16-9-6-4-3-5-7-10-16/h6,9,15-18H,2-5,7-8,10-14H2,1H3/b9-6+. The van der Waals surface area contributed by atoms with Gasteiger partial charge in [-0.15, -0.1) is 0 Å². The van der Waals surface area contributed by atoms with Crippen LogP contribution in [0.2, 0.25) is 0 Å². The first-order valence-corrected chi connectivity index (χ1v) is 8.31. The zero-order chi connectivity index (χ0) is 12.6. The number of allylic oxidation sites excluding steroid dienone is 1. The molecule has 0 aromatic heterocycles. The van der Waals surface area contributed by atoms with Gasteiger partial charge in [0.1, 0.15) is 0 Å². The molecule has 0 saturated heterocycles. The van der Waals surface area contributed by atoms with Crippen molar-refractivity contribution in [3.8, 4) is 0 Å². The van der Waals surface area contributed by atoms with E-state index in [1.165, 1.54) is 70.6 Å². The molecule has 1 N–H and O–H groups in total. The van der Waals surface area contributed by atoms with Gasteiger partial charge in [0, 0.05) is 12.1 Å². The van der Waals surface area contributed by atoms with E-state index in [-0.39, 0.29) is 0 Å². The van der Waals surface area contributed by atoms with Crippen molar-refractivity contribution in [2.75, 3.05) is 0 Å². The van der Waals surface area contributed by atoms with Gasteiger partial charge in [-0.1, -0.05) is 44.8 Å². The molecule has 0 aromatic rings. The molecule has 0 aromatic carbocycles. The SMILES string of the molecule is CCCC1CCC(NC2/C=C/CCCCC2)CC1. The average Bonchev–Trinajstić information content (AvgIpc) is 2.35. The van der Waals surface area contributed by atoms with Gasteiger partial charge in [-0.2, -0.15) is 0 Å². The molecule has 0 heterocycles. The molecule has 1 nitrogen and oxygen atoms in total. The lowest BCUT2D eigenvalue weighted by molar-refractivity contribution is 0.267. The summed E-state index contributed by atoms with van der Waals surface area (Å²) in [5, 5.41) is 3.90. The summed E-state index contributed by atoms with van der Waals surface area (Å²) in [4.78, 5) is 0. The third kappa shape index (κ3) is 4.76. The minimum Gasteiger partial charge on any atom is -0.308 e. The molecule has 2 aliphatic carbocycles. The molecule has 0 aliphatic heterocycles. The summed E-state index contributed by atoms with van der Waals surface area (Å²) in [5.74, 6) is 1.03. The van der Waals surface area contributed by atoms with Crippen molar-refractivity contribution in [1.82, 2.24) is 5.32 Å². The lowest BCUT2D eigenvalue weighted by Gasteiger charge is -2.31. The van der Waals surface area contributed by atoms with Gasteiger partial charge in [-0.05, 0) is 50.9 Å². The van der Waals surface area contributed by atoms with Gasteiger partial charge in [0.25, 0.3) is 0 Å². The summed E-state index contributed by atoms with van der Waals surface area (Å²) >= 11 is 0. The van der Waals surface area contributed by atoms with E-state index in [4.69, 9.17) is 0 Å². The van der Waals surface area contributed by atoms with E-state index in [0.717, 1.165) is 12.0 Å². The van der Waals surface area contributed by atoms with Crippen LogP contribution in [0.4, 0.5) is 0 Å². The lowest BCUT2D eigenvalue weighted by Crippen LogP contribution is -2.39. The number of rotatable bonds is 4. The summed E-state index contributed by atoms with van der Waals surface area (Å²) in [6.45, 7) is 2.32. The number of hydrogen-bond donors (Lipinski definition) is 1. The van der Waals surface area contributed by atoms with Crippen LogP contribution in [0.25, 0.3) is 0 Å². The topological polar surface area (TPSA) is 12.0 Å². The zero-order valence-corrected chi connectivity index (χ0v) is 12.2. The maximum atomic E-state index is 3.90. The van der Waals surface area contributed by atoms with Crippen LogP contribution in [0.5, 0.6) is 0 Å². The number of hydrogen-bond acceptors (Lipinski definition) is 1. The van der Waals surface area contributed by atoms with Crippen molar-refractivity contribution in [2.24, 2.45) is 5.92 Å². The van der Waals surface area contributed by atoms with Crippen LogP contribution in [0.1, 0.15) is 77.6 Å². The van der Waals surface area contributed by atoms with Crippen molar-refractivity contribution < 1.29 is 0 Å². The fourth-order valence-corrected chi connectivity index (χ4v) is 3.63. The molecule has 0 amide bonds. The molecular weight excluding hydrogens is 218 g/mol. The van der Waals surface area contributed by atoms with Crippen molar-refractivity contribution in [3.63, 3.8) is 0 Å². The second-order valence-electron chi connectivity index (χ2n) is 6.35. The first-order chi connectivity index (χ1) is 8.88. The Bertz CT molecular complexity index is 238. The Morgan fingerprint density at radius 3 is 2.61 bits per heavy atom. The Morgan fingerprint density at radius 2 is 1.83 bits per heavy atom. The average molecular weight is 249 g/mol. The fourth-order valence-electron chi connectivity index (χ4n) is 3.63. The highest BCUT2D eigenvalue weighted by Crippen LogP contribution is 2.28. The zero-order valence-electron chi connectivity index (χ0n) is 12.2. The first-order valence-electron chi connectivity index (χ1n) is 8.31. The molecule has 2 rings (SSSR count). The van der Waals surface area contributed by atoms with Crippen LogP contribution in [-0.2, 0) is 0 Å². The third-order valence-corrected chi connectivity index (χ3v) is 4.75. The Hall–Kier alpha value is -0.300. The van der Waals surface area contributed by atoms with Crippen LogP contribution in [0.15, 0.2) is 12.2 Å². The molecule has 2 aliphatic rings. The highest BCUT2D eigenvalue weighted by molar-refractivity contribution is 4.96. The van der Waals surface area contributed by atoms with Gasteiger partial charge in [0.15, 0.2) is 0 Å². The Morgan fingerprint density at radius 1 is 1.00 bits per heavy atom.